The number of nitrogens with one attached hydrogen (secondary N) is 3. The van der Waals surface area contributed by atoms with Gasteiger partial charge in [-0.1, -0.05) is 25.8 Å². The number of carbonyl (C=O) groups excluding carboxylic acids is 1. The number of ether oxygens (including phenoxy) is 1. The van der Waals surface area contributed by atoms with Crippen LogP contribution < -0.4 is 20.9 Å². The Balaban J connectivity index is 1.69. The Hall–Kier alpha value is -1.82. The Kier molecular flexibility index (Phi) is 6.85. The van der Waals surface area contributed by atoms with Gasteiger partial charge in [-0.25, -0.2) is 0 Å². The summed E-state index contributed by atoms with van der Waals surface area (Å²) in [5, 5.41) is 3.73. The zero-order valence-corrected chi connectivity index (χ0v) is 15.5. The number of amides is 1. The van der Waals surface area contributed by atoms with E-state index in [2.05, 4.69) is 29.2 Å². The van der Waals surface area contributed by atoms with Gasteiger partial charge in [0.15, 0.2) is 11.7 Å². The second kappa shape index (κ2) is 8.87. The normalized spacial score (nSPS) is 20.1. The number of aryl methyl sites for hydroxylation is 2. The van der Waals surface area contributed by atoms with Crippen LogP contribution in [0.3, 0.4) is 0 Å². The third-order valence-corrected chi connectivity index (χ3v) is 4.53. The fourth-order valence-electron chi connectivity index (χ4n) is 3.06. The predicted octanol–water partition coefficient (Wildman–Crippen LogP) is 2.76. The molecule has 0 spiro atoms. The Morgan fingerprint density at radius 3 is 2.50 bits per heavy atom. The Morgan fingerprint density at radius 1 is 1.17 bits per heavy atom. The van der Waals surface area contributed by atoms with E-state index in [0.29, 0.717) is 22.8 Å². The van der Waals surface area contributed by atoms with Crippen molar-refractivity contribution >= 4 is 23.2 Å². The van der Waals surface area contributed by atoms with E-state index < -0.39 is 0 Å². The van der Waals surface area contributed by atoms with Crippen LogP contribution in [-0.4, -0.2) is 23.7 Å². The topological polar surface area (TPSA) is 62.4 Å². The maximum atomic E-state index is 11.9. The number of hydrogen-bond acceptors (Lipinski definition) is 3. The van der Waals surface area contributed by atoms with Gasteiger partial charge >= 0.3 is 0 Å². The Bertz CT molecular complexity index is 571. The van der Waals surface area contributed by atoms with Gasteiger partial charge < -0.3 is 10.1 Å². The van der Waals surface area contributed by atoms with Crippen molar-refractivity contribution in [1.82, 2.24) is 16.2 Å². The minimum Gasteiger partial charge on any atom is -0.484 e. The van der Waals surface area contributed by atoms with Crippen LogP contribution in [0.4, 0.5) is 0 Å². The molecule has 0 aromatic heterocycles. The zero-order valence-electron chi connectivity index (χ0n) is 14.6. The van der Waals surface area contributed by atoms with Crippen molar-refractivity contribution < 1.29 is 9.53 Å². The summed E-state index contributed by atoms with van der Waals surface area (Å²) in [6, 6.07) is 6.25. The molecule has 2 rings (SSSR count). The summed E-state index contributed by atoms with van der Waals surface area (Å²) >= 11 is 5.24. The number of thiocarbonyl (C=S) groups is 1. The molecule has 0 radical (unpaired) electrons. The summed E-state index contributed by atoms with van der Waals surface area (Å²) in [5.74, 6) is 1.02. The van der Waals surface area contributed by atoms with E-state index in [4.69, 9.17) is 17.0 Å². The molecular weight excluding hydrogens is 322 g/mol. The summed E-state index contributed by atoms with van der Waals surface area (Å²) in [6.07, 6.45) is 4.84. The van der Waals surface area contributed by atoms with Crippen LogP contribution in [0.2, 0.25) is 0 Å². The number of benzene rings is 1. The van der Waals surface area contributed by atoms with Gasteiger partial charge in [-0.15, -0.1) is 0 Å². The molecule has 2 atom stereocenters. The van der Waals surface area contributed by atoms with Crippen molar-refractivity contribution in [1.29, 1.82) is 0 Å². The summed E-state index contributed by atoms with van der Waals surface area (Å²) in [5.41, 5.74) is 7.53. The molecule has 1 fully saturated rings. The molecule has 0 bridgehead atoms. The first kappa shape index (κ1) is 18.5. The molecule has 132 valence electrons. The first-order valence-electron chi connectivity index (χ1n) is 8.50. The largest absolute Gasteiger partial charge is 0.484 e. The molecule has 3 N–H and O–H groups in total. The first-order chi connectivity index (χ1) is 11.4. The number of rotatable bonds is 4. The van der Waals surface area contributed by atoms with Gasteiger partial charge in [-0.3, -0.25) is 15.6 Å². The van der Waals surface area contributed by atoms with Gasteiger partial charge in [0.05, 0.1) is 0 Å². The van der Waals surface area contributed by atoms with E-state index in [-0.39, 0.29) is 12.5 Å². The molecule has 1 saturated carbocycles. The lowest BCUT2D eigenvalue weighted by atomic mass is 9.86. The highest BCUT2D eigenvalue weighted by atomic mass is 32.1. The lowest BCUT2D eigenvalue weighted by molar-refractivity contribution is -0.123. The highest BCUT2D eigenvalue weighted by Crippen LogP contribution is 2.23. The van der Waals surface area contributed by atoms with Crippen LogP contribution in [0.5, 0.6) is 5.75 Å². The third-order valence-electron chi connectivity index (χ3n) is 4.31. The maximum Gasteiger partial charge on any atom is 0.276 e. The molecule has 1 amide bonds. The fourth-order valence-corrected chi connectivity index (χ4v) is 3.27. The lowest BCUT2D eigenvalue weighted by Crippen LogP contribution is -2.52. The predicted molar refractivity (Wildman–Crippen MR) is 99.8 cm³/mol. The molecule has 6 heteroatoms. The van der Waals surface area contributed by atoms with Gasteiger partial charge in [0, 0.05) is 6.04 Å². The molecule has 24 heavy (non-hydrogen) atoms. The van der Waals surface area contributed by atoms with Crippen LogP contribution in [0.1, 0.15) is 43.7 Å². The van der Waals surface area contributed by atoms with Crippen LogP contribution in [0, 0.1) is 19.8 Å². The van der Waals surface area contributed by atoms with Gasteiger partial charge in [0.25, 0.3) is 5.91 Å². The average molecular weight is 350 g/mol. The van der Waals surface area contributed by atoms with Crippen molar-refractivity contribution in [2.75, 3.05) is 6.61 Å². The fraction of sp³-hybridized carbons (Fsp3) is 0.556. The quantitative estimate of drug-likeness (QED) is 0.576. The molecule has 1 aromatic rings. The van der Waals surface area contributed by atoms with E-state index in [0.717, 1.165) is 17.5 Å². The molecule has 5 nitrogen and oxygen atoms in total. The van der Waals surface area contributed by atoms with E-state index in [1.54, 1.807) is 0 Å². The van der Waals surface area contributed by atoms with E-state index >= 15 is 0 Å². The molecule has 0 aliphatic heterocycles. The highest BCUT2D eigenvalue weighted by Gasteiger charge is 2.21. The van der Waals surface area contributed by atoms with E-state index in [9.17, 15) is 4.79 Å². The molecule has 1 aliphatic rings. The Morgan fingerprint density at radius 2 is 1.83 bits per heavy atom. The minimum absolute atomic E-state index is 0.0572. The lowest BCUT2D eigenvalue weighted by Gasteiger charge is -2.30. The first-order valence-corrected chi connectivity index (χ1v) is 8.91. The van der Waals surface area contributed by atoms with Crippen molar-refractivity contribution in [3.05, 3.63) is 29.3 Å². The van der Waals surface area contributed by atoms with Crippen molar-refractivity contribution in [2.45, 2.75) is 52.5 Å². The molecule has 0 unspecified atom stereocenters. The highest BCUT2D eigenvalue weighted by molar-refractivity contribution is 7.80. The number of hydrazine groups is 1. The molecule has 1 aromatic carbocycles. The third kappa shape index (κ3) is 6.00. The van der Waals surface area contributed by atoms with Gasteiger partial charge in [0.1, 0.15) is 5.75 Å². The maximum absolute atomic E-state index is 11.9. The van der Waals surface area contributed by atoms with E-state index in [1.165, 1.54) is 19.3 Å². The summed E-state index contributed by atoms with van der Waals surface area (Å²) in [7, 11) is 0. The zero-order chi connectivity index (χ0) is 17.5. The van der Waals surface area contributed by atoms with Crippen LogP contribution in [0.25, 0.3) is 0 Å². The Labute approximate surface area is 149 Å². The molecule has 0 heterocycles. The van der Waals surface area contributed by atoms with Crippen molar-refractivity contribution in [3.63, 3.8) is 0 Å². The van der Waals surface area contributed by atoms with Gasteiger partial charge in [-0.2, -0.15) is 0 Å². The summed E-state index contributed by atoms with van der Waals surface area (Å²) in [4.78, 5) is 11.9. The van der Waals surface area contributed by atoms with Crippen molar-refractivity contribution in [2.24, 2.45) is 5.92 Å². The number of hydrogen-bond donors (Lipinski definition) is 3. The van der Waals surface area contributed by atoms with Crippen LogP contribution >= 0.6 is 12.2 Å². The summed E-state index contributed by atoms with van der Waals surface area (Å²) in [6.45, 7) is 6.17. The van der Waals surface area contributed by atoms with Crippen LogP contribution in [0.15, 0.2) is 18.2 Å². The minimum atomic E-state index is -0.269. The van der Waals surface area contributed by atoms with Crippen LogP contribution in [-0.2, 0) is 4.79 Å². The number of carbonyl (C=O) groups is 1. The average Bonchev–Trinajstić information content (AvgIpc) is 2.52. The van der Waals surface area contributed by atoms with Crippen molar-refractivity contribution in [3.8, 4) is 5.75 Å². The van der Waals surface area contributed by atoms with Gasteiger partial charge in [0.2, 0.25) is 0 Å². The van der Waals surface area contributed by atoms with Gasteiger partial charge in [-0.05, 0) is 68.1 Å². The monoisotopic (exact) mass is 349 g/mol. The smallest absolute Gasteiger partial charge is 0.276 e. The molecule has 1 aliphatic carbocycles. The van der Waals surface area contributed by atoms with E-state index in [1.807, 2.05) is 26.0 Å². The second-order valence-electron chi connectivity index (χ2n) is 6.63. The standard InChI is InChI=1S/C18H27N3O2S/c1-12-8-13(2)10-15(9-12)23-11-17(22)20-21-18(24)19-16-7-5-4-6-14(16)3/h8-10,14,16H,4-7,11H2,1-3H3,(H,20,22)(H2,19,21,24)/t14-,16-/m1/s1. The summed E-state index contributed by atoms with van der Waals surface area (Å²) < 4.78 is 5.51. The second-order valence-corrected chi connectivity index (χ2v) is 7.04. The molecule has 0 saturated heterocycles. The SMILES string of the molecule is Cc1cc(C)cc(OCC(=O)NNC(=S)N[C@@H]2CCCC[C@H]2C)c1. The molecular formula is C18H27N3O2S.